The zero-order valence-electron chi connectivity index (χ0n) is 9.49. The summed E-state index contributed by atoms with van der Waals surface area (Å²) in [5.74, 6) is 0.803. The van der Waals surface area contributed by atoms with Gasteiger partial charge in [-0.15, -0.1) is 0 Å². The Morgan fingerprint density at radius 2 is 2.44 bits per heavy atom. The molecule has 0 fully saturated rings. The van der Waals surface area contributed by atoms with Gasteiger partial charge in [-0.3, -0.25) is 0 Å². The van der Waals surface area contributed by atoms with E-state index >= 15 is 0 Å². The average molecular weight is 216 g/mol. The fraction of sp³-hybridized carbons (Fsp3) is 0.462. The first-order valence-electron chi connectivity index (χ1n) is 5.71. The van der Waals surface area contributed by atoms with E-state index in [0.29, 0.717) is 6.04 Å². The topological polar surface area (TPSA) is 45.0 Å². The second-order valence-corrected chi connectivity index (χ2v) is 3.96. The van der Waals surface area contributed by atoms with Crippen LogP contribution < -0.4 is 10.1 Å². The van der Waals surface area contributed by atoms with Gasteiger partial charge in [-0.05, 0) is 42.6 Å². The van der Waals surface area contributed by atoms with Crippen molar-refractivity contribution in [2.75, 3.05) is 13.2 Å². The number of hydrogen-bond donors (Lipinski definition) is 1. The van der Waals surface area contributed by atoms with Crippen molar-refractivity contribution in [1.82, 2.24) is 5.32 Å². The lowest BCUT2D eigenvalue weighted by molar-refractivity contribution is 0.368. The fourth-order valence-electron chi connectivity index (χ4n) is 2.26. The first-order chi connectivity index (χ1) is 7.85. The average Bonchev–Trinajstić information content (AvgIpc) is 2.70. The summed E-state index contributed by atoms with van der Waals surface area (Å²) in [6.07, 6.45) is 2.25. The first kappa shape index (κ1) is 11.0. The van der Waals surface area contributed by atoms with Crippen LogP contribution in [-0.4, -0.2) is 13.2 Å². The van der Waals surface area contributed by atoms with Gasteiger partial charge in [0.2, 0.25) is 0 Å². The summed E-state index contributed by atoms with van der Waals surface area (Å²) < 4.78 is 5.29. The summed E-state index contributed by atoms with van der Waals surface area (Å²) in [7, 11) is 0. The van der Waals surface area contributed by atoms with E-state index in [1.54, 1.807) is 0 Å². The van der Waals surface area contributed by atoms with E-state index in [4.69, 9.17) is 10.00 Å². The van der Waals surface area contributed by atoms with E-state index in [2.05, 4.69) is 24.4 Å². The Morgan fingerprint density at radius 3 is 3.19 bits per heavy atom. The van der Waals surface area contributed by atoms with Crippen molar-refractivity contribution >= 4 is 0 Å². The molecule has 2 rings (SSSR count). The predicted octanol–water partition coefficient (Wildman–Crippen LogP) is 2.19. The van der Waals surface area contributed by atoms with E-state index in [1.807, 2.05) is 12.1 Å². The number of benzene rings is 1. The monoisotopic (exact) mass is 216 g/mol. The number of aryl methyl sites for hydroxylation is 1. The van der Waals surface area contributed by atoms with E-state index in [-0.39, 0.29) is 6.61 Å². The van der Waals surface area contributed by atoms with E-state index < -0.39 is 0 Å². The van der Waals surface area contributed by atoms with Gasteiger partial charge in [0.1, 0.15) is 11.8 Å². The molecule has 0 radical (unpaired) electrons. The van der Waals surface area contributed by atoms with Gasteiger partial charge in [-0.1, -0.05) is 13.0 Å². The minimum absolute atomic E-state index is 0.120. The van der Waals surface area contributed by atoms with Crippen LogP contribution in [0.4, 0.5) is 0 Å². The Hall–Kier alpha value is -1.53. The van der Waals surface area contributed by atoms with Crippen molar-refractivity contribution in [3.8, 4) is 11.8 Å². The third-order valence-corrected chi connectivity index (χ3v) is 2.95. The Balaban J connectivity index is 2.13. The van der Waals surface area contributed by atoms with Crippen LogP contribution in [0.15, 0.2) is 18.2 Å². The van der Waals surface area contributed by atoms with Gasteiger partial charge < -0.3 is 10.1 Å². The molecule has 84 valence electrons. The molecule has 0 saturated heterocycles. The van der Waals surface area contributed by atoms with Crippen molar-refractivity contribution in [2.45, 2.75) is 25.8 Å². The van der Waals surface area contributed by atoms with E-state index in [0.717, 1.165) is 25.1 Å². The maximum absolute atomic E-state index is 8.45. The molecule has 1 aliphatic carbocycles. The number of fused-ring (bicyclic) bond motifs is 1. The number of rotatable bonds is 4. The van der Waals surface area contributed by atoms with Crippen molar-refractivity contribution in [2.24, 2.45) is 0 Å². The molecule has 0 aromatic heterocycles. The lowest BCUT2D eigenvalue weighted by Crippen LogP contribution is -2.18. The maximum Gasteiger partial charge on any atom is 0.174 e. The summed E-state index contributed by atoms with van der Waals surface area (Å²) in [6, 6.07) is 8.59. The van der Waals surface area contributed by atoms with Crippen LogP contribution in [0.2, 0.25) is 0 Å². The standard InChI is InChI=1S/C13H16N2O/c1-2-15-13-6-3-10-9-11(16-8-7-14)4-5-12(10)13/h4-5,9,13,15H,2-3,6,8H2,1H3. The molecule has 1 N–H and O–H groups in total. The third-order valence-electron chi connectivity index (χ3n) is 2.95. The molecular formula is C13H16N2O. The molecule has 1 aromatic carbocycles. The van der Waals surface area contributed by atoms with Crippen molar-refractivity contribution in [3.05, 3.63) is 29.3 Å². The van der Waals surface area contributed by atoms with Crippen molar-refractivity contribution in [3.63, 3.8) is 0 Å². The Labute approximate surface area is 96.0 Å². The number of nitrogens with zero attached hydrogens (tertiary/aromatic N) is 1. The van der Waals surface area contributed by atoms with Gasteiger partial charge in [0, 0.05) is 6.04 Å². The second kappa shape index (κ2) is 5.00. The summed E-state index contributed by atoms with van der Waals surface area (Å²) in [5.41, 5.74) is 2.73. The Kier molecular flexibility index (Phi) is 3.43. The summed E-state index contributed by atoms with van der Waals surface area (Å²) in [5, 5.41) is 11.9. The molecule has 0 amide bonds. The molecule has 1 atom stereocenters. The van der Waals surface area contributed by atoms with Gasteiger partial charge in [-0.25, -0.2) is 0 Å². The lowest BCUT2D eigenvalue weighted by atomic mass is 10.1. The largest absolute Gasteiger partial charge is 0.479 e. The number of nitrogens with one attached hydrogen (secondary N) is 1. The van der Waals surface area contributed by atoms with E-state index in [9.17, 15) is 0 Å². The molecule has 0 aliphatic heterocycles. The van der Waals surface area contributed by atoms with Crippen molar-refractivity contribution in [1.29, 1.82) is 5.26 Å². The quantitative estimate of drug-likeness (QED) is 0.839. The molecule has 1 unspecified atom stereocenters. The van der Waals surface area contributed by atoms with Crippen LogP contribution in [0.3, 0.4) is 0 Å². The highest BCUT2D eigenvalue weighted by Gasteiger charge is 2.21. The van der Waals surface area contributed by atoms with Gasteiger partial charge in [-0.2, -0.15) is 5.26 Å². The normalized spacial score (nSPS) is 17.9. The van der Waals surface area contributed by atoms with Crippen LogP contribution in [-0.2, 0) is 6.42 Å². The number of ether oxygens (including phenoxy) is 1. The van der Waals surface area contributed by atoms with Crippen LogP contribution >= 0.6 is 0 Å². The molecule has 16 heavy (non-hydrogen) atoms. The van der Waals surface area contributed by atoms with Crippen LogP contribution in [0, 0.1) is 11.3 Å². The third kappa shape index (κ3) is 2.17. The van der Waals surface area contributed by atoms with E-state index in [1.165, 1.54) is 11.1 Å². The molecule has 3 nitrogen and oxygen atoms in total. The molecule has 0 spiro atoms. The molecule has 0 bridgehead atoms. The highest BCUT2D eigenvalue weighted by atomic mass is 16.5. The SMILES string of the molecule is CCNC1CCc2cc(OCC#N)ccc21. The van der Waals surface area contributed by atoms with Crippen LogP contribution in [0.25, 0.3) is 0 Å². The van der Waals surface area contributed by atoms with Gasteiger partial charge in [0.05, 0.1) is 0 Å². The number of nitriles is 1. The molecule has 3 heteroatoms. The molecule has 1 aliphatic rings. The van der Waals surface area contributed by atoms with Crippen LogP contribution in [0.1, 0.15) is 30.5 Å². The van der Waals surface area contributed by atoms with Gasteiger partial charge in [0.15, 0.2) is 6.61 Å². The lowest BCUT2D eigenvalue weighted by Gasteiger charge is -2.12. The highest BCUT2D eigenvalue weighted by molar-refractivity contribution is 5.40. The maximum atomic E-state index is 8.45. The van der Waals surface area contributed by atoms with Crippen LogP contribution in [0.5, 0.6) is 5.75 Å². The molecule has 1 aromatic rings. The van der Waals surface area contributed by atoms with Crippen molar-refractivity contribution < 1.29 is 4.74 Å². The second-order valence-electron chi connectivity index (χ2n) is 3.96. The summed E-state index contributed by atoms with van der Waals surface area (Å²) >= 11 is 0. The molecule has 0 heterocycles. The smallest absolute Gasteiger partial charge is 0.174 e. The molecule has 0 saturated carbocycles. The zero-order valence-corrected chi connectivity index (χ0v) is 9.49. The zero-order chi connectivity index (χ0) is 11.4. The Morgan fingerprint density at radius 1 is 1.56 bits per heavy atom. The Bertz CT molecular complexity index is 409. The summed E-state index contributed by atoms with van der Waals surface area (Å²) in [4.78, 5) is 0. The van der Waals surface area contributed by atoms with Gasteiger partial charge in [0.25, 0.3) is 0 Å². The molecular weight excluding hydrogens is 200 g/mol. The number of hydrogen-bond acceptors (Lipinski definition) is 3. The summed E-state index contributed by atoms with van der Waals surface area (Å²) in [6.45, 7) is 3.24. The minimum atomic E-state index is 0.120. The van der Waals surface area contributed by atoms with Gasteiger partial charge >= 0.3 is 0 Å². The minimum Gasteiger partial charge on any atom is -0.479 e. The first-order valence-corrected chi connectivity index (χ1v) is 5.71. The highest BCUT2D eigenvalue weighted by Crippen LogP contribution is 2.33. The predicted molar refractivity (Wildman–Crippen MR) is 62.3 cm³/mol. The fourth-order valence-corrected chi connectivity index (χ4v) is 2.26.